The smallest absolute Gasteiger partial charge is 0.286 e. The van der Waals surface area contributed by atoms with Crippen molar-refractivity contribution in [3.63, 3.8) is 0 Å². The van der Waals surface area contributed by atoms with Crippen molar-refractivity contribution in [2.75, 3.05) is 0 Å². The minimum Gasteiger partial charge on any atom is -0.363 e. The third kappa shape index (κ3) is 1.63. The molecule has 0 aliphatic heterocycles. The van der Waals surface area contributed by atoms with Gasteiger partial charge in [-0.25, -0.2) is 9.97 Å². The van der Waals surface area contributed by atoms with Gasteiger partial charge in [-0.2, -0.15) is 0 Å². The molecule has 4 nitrogen and oxygen atoms in total. The van der Waals surface area contributed by atoms with E-state index >= 15 is 0 Å². The molecule has 0 aromatic carbocycles. The Hall–Kier alpha value is -0.720. The van der Waals surface area contributed by atoms with E-state index in [1.807, 2.05) is 22.6 Å². The van der Waals surface area contributed by atoms with Gasteiger partial charge in [-0.05, 0) is 28.7 Å². The van der Waals surface area contributed by atoms with Crippen molar-refractivity contribution in [1.82, 2.24) is 9.97 Å². The van der Waals surface area contributed by atoms with E-state index in [4.69, 9.17) is 5.73 Å². The summed E-state index contributed by atoms with van der Waals surface area (Å²) in [5.74, 6) is -0.537. The van der Waals surface area contributed by atoms with E-state index in [1.54, 1.807) is 6.07 Å². The molecular weight excluding hydrogens is 245 g/mol. The molecule has 10 heavy (non-hydrogen) atoms. The maximum Gasteiger partial charge on any atom is 0.286 e. The first-order valence-corrected chi connectivity index (χ1v) is 3.56. The van der Waals surface area contributed by atoms with E-state index in [1.165, 1.54) is 6.20 Å². The van der Waals surface area contributed by atoms with Gasteiger partial charge in [0.2, 0.25) is 5.82 Å². The molecule has 52 valence electrons. The highest BCUT2D eigenvalue weighted by atomic mass is 127. The highest BCUT2D eigenvalue weighted by Gasteiger charge is 2.01. The van der Waals surface area contributed by atoms with Gasteiger partial charge in [0.05, 0.1) is 0 Å². The molecule has 1 amide bonds. The summed E-state index contributed by atoms with van der Waals surface area (Å²) in [5.41, 5.74) is 4.92. The number of hydrogen-bond donors (Lipinski definition) is 1. The molecule has 5 heteroatoms. The molecular formula is C5H4IN3O. The molecule has 0 saturated carbocycles. The minimum absolute atomic E-state index is 0.0619. The fraction of sp³-hybridized carbons (Fsp3) is 0. The first-order chi connectivity index (χ1) is 4.70. The molecule has 0 bridgehead atoms. The monoisotopic (exact) mass is 249 g/mol. The molecule has 1 rings (SSSR count). The number of amides is 1. The Morgan fingerprint density at radius 2 is 2.40 bits per heavy atom. The summed E-state index contributed by atoms with van der Waals surface area (Å²) in [5, 5.41) is 0. The summed E-state index contributed by atoms with van der Waals surface area (Å²) < 4.78 is 0.710. The Morgan fingerprint density at radius 3 is 2.80 bits per heavy atom. The number of hydrogen-bond acceptors (Lipinski definition) is 3. The second kappa shape index (κ2) is 2.91. The van der Waals surface area contributed by atoms with Gasteiger partial charge in [-0.15, -0.1) is 0 Å². The Balaban J connectivity index is 3.07. The van der Waals surface area contributed by atoms with Crippen molar-refractivity contribution in [1.29, 1.82) is 0 Å². The van der Waals surface area contributed by atoms with Crippen LogP contribution in [0.25, 0.3) is 0 Å². The Kier molecular flexibility index (Phi) is 2.15. The number of nitrogens with zero attached hydrogens (tertiary/aromatic N) is 2. The molecule has 0 aliphatic rings. The zero-order valence-electron chi connectivity index (χ0n) is 4.91. The molecule has 0 atom stereocenters. The van der Waals surface area contributed by atoms with E-state index in [-0.39, 0.29) is 5.82 Å². The number of primary amides is 1. The fourth-order valence-corrected chi connectivity index (χ4v) is 0.845. The maximum atomic E-state index is 10.4. The molecule has 1 aromatic heterocycles. The third-order valence-corrected chi connectivity index (χ3v) is 1.44. The predicted octanol–water partition coefficient (Wildman–Crippen LogP) is 0.180. The van der Waals surface area contributed by atoms with Gasteiger partial charge < -0.3 is 5.73 Å². The molecule has 0 spiro atoms. The number of carbonyl (C=O) groups excluding carboxylic acids is 1. The van der Waals surface area contributed by atoms with Gasteiger partial charge in [-0.1, -0.05) is 0 Å². The van der Waals surface area contributed by atoms with Gasteiger partial charge in [0, 0.05) is 6.20 Å². The average Bonchev–Trinajstić information content (AvgIpc) is 1.88. The molecule has 0 aliphatic carbocycles. The van der Waals surface area contributed by atoms with Crippen LogP contribution < -0.4 is 5.73 Å². The lowest BCUT2D eigenvalue weighted by atomic mass is 10.5. The van der Waals surface area contributed by atoms with Crippen LogP contribution in [0.3, 0.4) is 0 Å². The van der Waals surface area contributed by atoms with E-state index in [0.717, 1.165) is 0 Å². The van der Waals surface area contributed by atoms with Crippen molar-refractivity contribution in [3.8, 4) is 0 Å². The standard InChI is InChI=1S/C5H4IN3O/c6-3-1-2-8-5(9-3)4(7)10/h1-2H,(H2,7,10). The van der Waals surface area contributed by atoms with Gasteiger partial charge >= 0.3 is 0 Å². The molecule has 0 unspecified atom stereocenters. The zero-order chi connectivity index (χ0) is 7.56. The number of rotatable bonds is 1. The van der Waals surface area contributed by atoms with Crippen molar-refractivity contribution < 1.29 is 4.79 Å². The maximum absolute atomic E-state index is 10.4. The van der Waals surface area contributed by atoms with E-state index in [0.29, 0.717) is 3.70 Å². The second-order valence-corrected chi connectivity index (χ2v) is 2.67. The van der Waals surface area contributed by atoms with E-state index < -0.39 is 5.91 Å². The van der Waals surface area contributed by atoms with Crippen molar-refractivity contribution in [2.45, 2.75) is 0 Å². The summed E-state index contributed by atoms with van der Waals surface area (Å²) in [6, 6.07) is 1.69. The van der Waals surface area contributed by atoms with Crippen LogP contribution in [-0.2, 0) is 0 Å². The SMILES string of the molecule is NC(=O)c1nccc(I)n1. The lowest BCUT2D eigenvalue weighted by Gasteiger charge is -1.91. The largest absolute Gasteiger partial charge is 0.363 e. The number of nitrogens with two attached hydrogens (primary N) is 1. The van der Waals surface area contributed by atoms with Gasteiger partial charge in [0.25, 0.3) is 5.91 Å². The summed E-state index contributed by atoms with van der Waals surface area (Å²) >= 11 is 1.98. The summed E-state index contributed by atoms with van der Waals surface area (Å²) in [6.45, 7) is 0. The Labute approximate surface area is 71.0 Å². The van der Waals surface area contributed by atoms with Crippen LogP contribution in [0.4, 0.5) is 0 Å². The van der Waals surface area contributed by atoms with Gasteiger partial charge in [0.1, 0.15) is 3.70 Å². The van der Waals surface area contributed by atoms with Gasteiger partial charge in [0.15, 0.2) is 0 Å². The normalized spacial score (nSPS) is 9.30. The van der Waals surface area contributed by atoms with Crippen LogP contribution in [0.5, 0.6) is 0 Å². The van der Waals surface area contributed by atoms with Crippen LogP contribution in [0.15, 0.2) is 12.3 Å². The third-order valence-electron chi connectivity index (χ3n) is 0.842. The molecule has 2 N–H and O–H groups in total. The molecule has 1 aromatic rings. The molecule has 0 fully saturated rings. The van der Waals surface area contributed by atoms with Crippen LogP contribution in [-0.4, -0.2) is 15.9 Å². The lowest BCUT2D eigenvalue weighted by molar-refractivity contribution is 0.0990. The molecule has 0 radical (unpaired) electrons. The first kappa shape index (κ1) is 7.39. The van der Waals surface area contributed by atoms with Crippen LogP contribution in [0.1, 0.15) is 10.6 Å². The summed E-state index contributed by atoms with van der Waals surface area (Å²) in [7, 11) is 0. The first-order valence-electron chi connectivity index (χ1n) is 2.48. The minimum atomic E-state index is -0.599. The quantitative estimate of drug-likeness (QED) is 0.570. The van der Waals surface area contributed by atoms with Crippen molar-refractivity contribution in [3.05, 3.63) is 21.8 Å². The van der Waals surface area contributed by atoms with E-state index in [9.17, 15) is 4.79 Å². The number of halogens is 1. The highest BCUT2D eigenvalue weighted by Crippen LogP contribution is 1.97. The van der Waals surface area contributed by atoms with Crippen LogP contribution in [0.2, 0.25) is 0 Å². The second-order valence-electron chi connectivity index (χ2n) is 1.57. The van der Waals surface area contributed by atoms with Crippen LogP contribution >= 0.6 is 22.6 Å². The Bertz CT molecular complexity index is 263. The summed E-state index contributed by atoms with van der Waals surface area (Å²) in [4.78, 5) is 17.9. The van der Waals surface area contributed by atoms with Crippen molar-refractivity contribution in [2.24, 2.45) is 5.73 Å². The van der Waals surface area contributed by atoms with E-state index in [2.05, 4.69) is 9.97 Å². The lowest BCUT2D eigenvalue weighted by Crippen LogP contribution is -2.15. The highest BCUT2D eigenvalue weighted by molar-refractivity contribution is 14.1. The predicted molar refractivity (Wildman–Crippen MR) is 43.3 cm³/mol. The molecule has 1 heterocycles. The van der Waals surface area contributed by atoms with Crippen LogP contribution in [0, 0.1) is 3.70 Å². The molecule has 0 saturated heterocycles. The Morgan fingerprint density at radius 1 is 1.70 bits per heavy atom. The summed E-state index contributed by atoms with van der Waals surface area (Å²) in [6.07, 6.45) is 1.49. The fourth-order valence-electron chi connectivity index (χ4n) is 0.455. The number of aromatic nitrogens is 2. The van der Waals surface area contributed by atoms with Gasteiger partial charge in [-0.3, -0.25) is 4.79 Å². The zero-order valence-corrected chi connectivity index (χ0v) is 7.07. The average molecular weight is 249 g/mol. The van der Waals surface area contributed by atoms with Crippen molar-refractivity contribution >= 4 is 28.5 Å². The number of carbonyl (C=O) groups is 1. The topological polar surface area (TPSA) is 68.9 Å².